The summed E-state index contributed by atoms with van der Waals surface area (Å²) in [5, 5.41) is 10.8. The molecule has 8 nitrogen and oxygen atoms in total. The van der Waals surface area contributed by atoms with Crippen LogP contribution in [0.4, 0.5) is 5.69 Å². The lowest BCUT2D eigenvalue weighted by Crippen LogP contribution is -2.34. The van der Waals surface area contributed by atoms with Crippen LogP contribution in [0.3, 0.4) is 0 Å². The van der Waals surface area contributed by atoms with Gasteiger partial charge in [0.05, 0.1) is 11.5 Å². The third kappa shape index (κ3) is 3.96. The summed E-state index contributed by atoms with van der Waals surface area (Å²) in [6.45, 7) is -0.151. The number of nitrogens with one attached hydrogen (secondary N) is 1. The minimum atomic E-state index is -4.00. The Morgan fingerprint density at radius 1 is 1.32 bits per heavy atom. The Hall–Kier alpha value is -1.55. The SMILES string of the molecule is COC(CNS(=O)(=O)c1ccccc1[N+](=O)[O-])OC. The van der Waals surface area contributed by atoms with E-state index in [9.17, 15) is 18.5 Å². The van der Waals surface area contributed by atoms with E-state index in [4.69, 9.17) is 9.47 Å². The van der Waals surface area contributed by atoms with Gasteiger partial charge in [-0.1, -0.05) is 12.1 Å². The summed E-state index contributed by atoms with van der Waals surface area (Å²) in [5.74, 6) is 0. The molecule has 106 valence electrons. The zero-order valence-electron chi connectivity index (χ0n) is 10.4. The Labute approximate surface area is 110 Å². The zero-order chi connectivity index (χ0) is 14.5. The normalized spacial score (nSPS) is 11.7. The number of hydrogen-bond donors (Lipinski definition) is 1. The molecular formula is C10H14N2O6S. The van der Waals surface area contributed by atoms with Crippen molar-refractivity contribution in [3.63, 3.8) is 0 Å². The van der Waals surface area contributed by atoms with E-state index < -0.39 is 31.8 Å². The molecule has 0 aliphatic heterocycles. The molecule has 1 N–H and O–H groups in total. The van der Waals surface area contributed by atoms with Crippen LogP contribution >= 0.6 is 0 Å². The van der Waals surface area contributed by atoms with Crippen molar-refractivity contribution < 1.29 is 22.8 Å². The van der Waals surface area contributed by atoms with Gasteiger partial charge in [0.15, 0.2) is 11.2 Å². The van der Waals surface area contributed by atoms with E-state index in [1.54, 1.807) is 0 Å². The van der Waals surface area contributed by atoms with Gasteiger partial charge in [0.1, 0.15) is 0 Å². The summed E-state index contributed by atoms with van der Waals surface area (Å²) in [6.07, 6.45) is -0.766. The van der Waals surface area contributed by atoms with E-state index in [0.717, 1.165) is 12.1 Å². The number of sulfonamides is 1. The number of hydrogen-bond acceptors (Lipinski definition) is 6. The highest BCUT2D eigenvalue weighted by Gasteiger charge is 2.25. The van der Waals surface area contributed by atoms with E-state index in [0.29, 0.717) is 0 Å². The van der Waals surface area contributed by atoms with Gasteiger partial charge in [-0.2, -0.15) is 0 Å². The monoisotopic (exact) mass is 290 g/mol. The minimum absolute atomic E-state index is 0.151. The van der Waals surface area contributed by atoms with Crippen LogP contribution in [0, 0.1) is 10.1 Å². The van der Waals surface area contributed by atoms with E-state index in [1.807, 2.05) is 0 Å². The average molecular weight is 290 g/mol. The first-order valence-corrected chi connectivity index (χ1v) is 6.69. The van der Waals surface area contributed by atoms with Gasteiger partial charge in [0, 0.05) is 20.3 Å². The molecule has 1 aromatic carbocycles. The predicted octanol–water partition coefficient (Wildman–Crippen LogP) is 0.492. The largest absolute Gasteiger partial charge is 0.355 e. The predicted molar refractivity (Wildman–Crippen MR) is 66.1 cm³/mol. The Kier molecular flexibility index (Phi) is 5.36. The first-order chi connectivity index (χ1) is 8.92. The van der Waals surface area contributed by atoms with Crippen molar-refractivity contribution in [1.82, 2.24) is 4.72 Å². The Bertz CT molecular complexity index is 541. The Morgan fingerprint density at radius 3 is 2.42 bits per heavy atom. The average Bonchev–Trinajstić information content (AvgIpc) is 2.39. The van der Waals surface area contributed by atoms with Gasteiger partial charge in [-0.25, -0.2) is 13.1 Å². The number of nitro groups is 1. The Balaban J connectivity index is 2.98. The van der Waals surface area contributed by atoms with Crippen molar-refractivity contribution in [1.29, 1.82) is 0 Å². The van der Waals surface area contributed by atoms with Crippen LogP contribution in [0.15, 0.2) is 29.2 Å². The molecule has 0 heterocycles. The third-order valence-corrected chi connectivity index (χ3v) is 3.79. The number of benzene rings is 1. The van der Waals surface area contributed by atoms with E-state index in [2.05, 4.69) is 4.72 Å². The van der Waals surface area contributed by atoms with Crippen LogP contribution in [0.1, 0.15) is 0 Å². The van der Waals surface area contributed by atoms with E-state index in [1.165, 1.54) is 26.4 Å². The topological polar surface area (TPSA) is 108 Å². The second-order valence-corrected chi connectivity index (χ2v) is 5.21. The molecule has 0 aromatic heterocycles. The van der Waals surface area contributed by atoms with Crippen LogP contribution in [-0.4, -0.2) is 40.4 Å². The number of nitro benzene ring substituents is 1. The van der Waals surface area contributed by atoms with Crippen molar-refractivity contribution in [2.75, 3.05) is 20.8 Å². The molecule has 0 aliphatic rings. The highest BCUT2D eigenvalue weighted by atomic mass is 32.2. The first-order valence-electron chi connectivity index (χ1n) is 5.21. The molecule has 0 unspecified atom stereocenters. The van der Waals surface area contributed by atoms with Gasteiger partial charge in [-0.3, -0.25) is 10.1 Å². The maximum Gasteiger partial charge on any atom is 0.289 e. The standard InChI is InChI=1S/C10H14N2O6S/c1-17-10(18-2)7-11-19(15,16)9-6-4-3-5-8(9)12(13)14/h3-6,10-11H,7H2,1-2H3. The number of para-hydroxylation sites is 1. The molecule has 0 radical (unpaired) electrons. The number of ether oxygens (including phenoxy) is 2. The molecule has 0 saturated carbocycles. The molecule has 0 fully saturated rings. The van der Waals surface area contributed by atoms with Gasteiger partial charge in [0.2, 0.25) is 10.0 Å². The lowest BCUT2D eigenvalue weighted by Gasteiger charge is -2.14. The van der Waals surface area contributed by atoms with Crippen molar-refractivity contribution in [2.45, 2.75) is 11.2 Å². The van der Waals surface area contributed by atoms with Crippen molar-refractivity contribution in [2.24, 2.45) is 0 Å². The molecule has 1 aromatic rings. The molecule has 0 bridgehead atoms. The summed E-state index contributed by atoms with van der Waals surface area (Å²) in [6, 6.07) is 5.09. The fourth-order valence-electron chi connectivity index (χ4n) is 1.35. The molecule has 19 heavy (non-hydrogen) atoms. The molecule has 0 atom stereocenters. The minimum Gasteiger partial charge on any atom is -0.355 e. The van der Waals surface area contributed by atoms with Crippen LogP contribution in [0.2, 0.25) is 0 Å². The smallest absolute Gasteiger partial charge is 0.289 e. The summed E-state index contributed by atoms with van der Waals surface area (Å²) >= 11 is 0. The first kappa shape index (κ1) is 15.5. The van der Waals surface area contributed by atoms with Crippen LogP contribution in [0.5, 0.6) is 0 Å². The van der Waals surface area contributed by atoms with Crippen LogP contribution in [0.25, 0.3) is 0 Å². The second-order valence-electron chi connectivity index (χ2n) is 3.48. The number of methoxy groups -OCH3 is 2. The third-order valence-electron chi connectivity index (χ3n) is 2.32. The molecule has 0 saturated heterocycles. The molecular weight excluding hydrogens is 276 g/mol. The van der Waals surface area contributed by atoms with Gasteiger partial charge < -0.3 is 9.47 Å². The fourth-order valence-corrected chi connectivity index (χ4v) is 2.54. The maximum atomic E-state index is 12.0. The van der Waals surface area contributed by atoms with Gasteiger partial charge in [-0.15, -0.1) is 0 Å². The highest BCUT2D eigenvalue weighted by molar-refractivity contribution is 7.89. The summed E-state index contributed by atoms with van der Waals surface area (Å²) in [5.41, 5.74) is -0.485. The number of rotatable bonds is 7. The second kappa shape index (κ2) is 6.57. The van der Waals surface area contributed by atoms with Crippen molar-refractivity contribution in [3.05, 3.63) is 34.4 Å². The molecule has 0 aliphatic carbocycles. The molecule has 1 rings (SSSR count). The van der Waals surface area contributed by atoms with E-state index in [-0.39, 0.29) is 6.54 Å². The van der Waals surface area contributed by atoms with Crippen LogP contribution < -0.4 is 4.72 Å². The quantitative estimate of drug-likeness (QED) is 0.445. The molecule has 0 spiro atoms. The zero-order valence-corrected chi connectivity index (χ0v) is 11.2. The summed E-state index contributed by atoms with van der Waals surface area (Å²) in [7, 11) is -1.29. The van der Waals surface area contributed by atoms with Gasteiger partial charge in [0.25, 0.3) is 5.69 Å². The maximum absolute atomic E-state index is 12.0. The lowest BCUT2D eigenvalue weighted by molar-refractivity contribution is -0.387. The highest BCUT2D eigenvalue weighted by Crippen LogP contribution is 2.22. The summed E-state index contributed by atoms with van der Waals surface area (Å²) in [4.78, 5) is 9.63. The van der Waals surface area contributed by atoms with Crippen LogP contribution in [-0.2, 0) is 19.5 Å². The van der Waals surface area contributed by atoms with Crippen molar-refractivity contribution >= 4 is 15.7 Å². The number of nitrogens with zero attached hydrogens (tertiary/aromatic N) is 1. The Morgan fingerprint density at radius 2 is 1.89 bits per heavy atom. The summed E-state index contributed by atoms with van der Waals surface area (Å²) < 4.78 is 35.8. The van der Waals surface area contributed by atoms with Crippen molar-refractivity contribution in [3.8, 4) is 0 Å². The van der Waals surface area contributed by atoms with Gasteiger partial charge in [-0.05, 0) is 6.07 Å². The van der Waals surface area contributed by atoms with Gasteiger partial charge >= 0.3 is 0 Å². The molecule has 9 heteroatoms. The molecule has 0 amide bonds. The fraction of sp³-hybridized carbons (Fsp3) is 0.400. The lowest BCUT2D eigenvalue weighted by atomic mass is 10.3. The van der Waals surface area contributed by atoms with E-state index >= 15 is 0 Å².